The van der Waals surface area contributed by atoms with Gasteiger partial charge in [-0.05, 0) is 31.2 Å². The van der Waals surface area contributed by atoms with Crippen molar-refractivity contribution < 1.29 is 4.52 Å². The molecule has 0 fully saturated rings. The van der Waals surface area contributed by atoms with E-state index in [4.69, 9.17) is 27.7 Å². The van der Waals surface area contributed by atoms with Gasteiger partial charge >= 0.3 is 0 Å². The largest absolute Gasteiger partial charge is 0.339 e. The molecule has 0 saturated heterocycles. The Morgan fingerprint density at radius 2 is 1.90 bits per heavy atom. The highest BCUT2D eigenvalue weighted by Crippen LogP contribution is 2.25. The molecule has 1 aromatic heterocycles. The molecule has 2 aromatic rings. The number of nitrogens with one attached hydrogen (secondary N) is 1. The molecule has 0 atom stereocenters. The minimum Gasteiger partial charge on any atom is -0.339 e. The molecule has 6 heteroatoms. The highest BCUT2D eigenvalue weighted by molar-refractivity contribution is 6.35. The molecule has 0 saturated carbocycles. The third-order valence-electron chi connectivity index (χ3n) is 2.71. The van der Waals surface area contributed by atoms with Crippen LogP contribution in [0.4, 0.5) is 0 Å². The van der Waals surface area contributed by atoms with Crippen molar-refractivity contribution in [2.75, 3.05) is 6.54 Å². The zero-order valence-corrected chi connectivity index (χ0v) is 13.0. The Balaban J connectivity index is 1.98. The number of hydrogen-bond acceptors (Lipinski definition) is 4. The minimum atomic E-state index is 0.488. The van der Waals surface area contributed by atoms with E-state index in [-0.39, 0.29) is 0 Å². The number of nitrogens with zero attached hydrogens (tertiary/aromatic N) is 2. The summed E-state index contributed by atoms with van der Waals surface area (Å²) < 4.78 is 5.23. The van der Waals surface area contributed by atoms with Crippen molar-refractivity contribution in [2.24, 2.45) is 0 Å². The van der Waals surface area contributed by atoms with Crippen molar-refractivity contribution in [1.29, 1.82) is 0 Å². The molecular formula is C14H17Cl2N3O. The van der Waals surface area contributed by atoms with Crippen LogP contribution in [0, 0.1) is 0 Å². The van der Waals surface area contributed by atoms with Crippen LogP contribution in [0.25, 0.3) is 11.4 Å². The highest BCUT2D eigenvalue weighted by Gasteiger charge is 2.10. The Morgan fingerprint density at radius 1 is 1.20 bits per heavy atom. The summed E-state index contributed by atoms with van der Waals surface area (Å²) >= 11 is 11.9. The average Bonchev–Trinajstić information content (AvgIpc) is 2.82. The smallest absolute Gasteiger partial charge is 0.227 e. The second-order valence-electron chi connectivity index (χ2n) is 4.88. The quantitative estimate of drug-likeness (QED) is 0.820. The molecule has 2 rings (SSSR count). The van der Waals surface area contributed by atoms with Gasteiger partial charge in [0, 0.05) is 28.1 Å². The van der Waals surface area contributed by atoms with Crippen molar-refractivity contribution in [3.63, 3.8) is 0 Å². The van der Waals surface area contributed by atoms with Crippen LogP contribution in [0.2, 0.25) is 10.0 Å². The van der Waals surface area contributed by atoms with Crippen molar-refractivity contribution >= 4 is 23.2 Å². The van der Waals surface area contributed by atoms with Gasteiger partial charge in [0.2, 0.25) is 11.7 Å². The maximum Gasteiger partial charge on any atom is 0.227 e. The molecule has 0 radical (unpaired) electrons. The van der Waals surface area contributed by atoms with Gasteiger partial charge in [0.05, 0.1) is 0 Å². The van der Waals surface area contributed by atoms with Crippen molar-refractivity contribution in [3.05, 3.63) is 34.1 Å². The van der Waals surface area contributed by atoms with Crippen LogP contribution in [-0.2, 0) is 6.42 Å². The summed E-state index contributed by atoms with van der Waals surface area (Å²) in [6.07, 6.45) is 1.71. The molecule has 20 heavy (non-hydrogen) atoms. The van der Waals surface area contributed by atoms with Gasteiger partial charge < -0.3 is 9.84 Å². The lowest BCUT2D eigenvalue weighted by atomic mass is 10.2. The summed E-state index contributed by atoms with van der Waals surface area (Å²) in [5.41, 5.74) is 0.762. The standard InChI is InChI=1S/C14H17Cl2N3O/c1-9(2)17-5-3-4-13-18-14(19-20-13)10-6-11(15)8-12(16)7-10/h6-9,17H,3-5H2,1-2H3. The first-order valence-corrected chi connectivity index (χ1v) is 7.32. The van der Waals surface area contributed by atoms with Crippen molar-refractivity contribution in [1.82, 2.24) is 15.5 Å². The molecule has 1 heterocycles. The SMILES string of the molecule is CC(C)NCCCc1nc(-c2cc(Cl)cc(Cl)c2)no1. The highest BCUT2D eigenvalue weighted by atomic mass is 35.5. The summed E-state index contributed by atoms with van der Waals surface area (Å²) in [4.78, 5) is 4.36. The summed E-state index contributed by atoms with van der Waals surface area (Å²) in [7, 11) is 0. The van der Waals surface area contributed by atoms with Gasteiger partial charge in [-0.2, -0.15) is 4.98 Å². The number of aromatic nitrogens is 2. The first-order chi connectivity index (χ1) is 9.54. The molecule has 0 aliphatic heterocycles. The molecule has 0 amide bonds. The topological polar surface area (TPSA) is 51.0 Å². The van der Waals surface area contributed by atoms with E-state index in [0.717, 1.165) is 24.9 Å². The summed E-state index contributed by atoms with van der Waals surface area (Å²) in [6.45, 7) is 5.17. The van der Waals surface area contributed by atoms with Crippen molar-refractivity contribution in [2.45, 2.75) is 32.7 Å². The predicted octanol–water partition coefficient (Wildman–Crippen LogP) is 3.97. The van der Waals surface area contributed by atoms with E-state index in [1.165, 1.54) is 0 Å². The predicted molar refractivity (Wildman–Crippen MR) is 81.2 cm³/mol. The Morgan fingerprint density at radius 3 is 2.55 bits per heavy atom. The van der Waals surface area contributed by atoms with Crippen LogP contribution in [-0.4, -0.2) is 22.7 Å². The fraction of sp³-hybridized carbons (Fsp3) is 0.429. The lowest BCUT2D eigenvalue weighted by Crippen LogP contribution is -2.23. The zero-order chi connectivity index (χ0) is 14.5. The third-order valence-corrected chi connectivity index (χ3v) is 3.15. The number of aryl methyl sites for hydroxylation is 1. The zero-order valence-electron chi connectivity index (χ0n) is 11.5. The maximum absolute atomic E-state index is 5.96. The van der Waals surface area contributed by atoms with Gasteiger partial charge in [-0.3, -0.25) is 0 Å². The van der Waals surface area contributed by atoms with E-state index in [0.29, 0.717) is 27.8 Å². The van der Waals surface area contributed by atoms with Crippen LogP contribution in [0.15, 0.2) is 22.7 Å². The van der Waals surface area contributed by atoms with E-state index < -0.39 is 0 Å². The normalized spacial score (nSPS) is 11.2. The number of halogens is 2. The Labute approximate surface area is 128 Å². The monoisotopic (exact) mass is 313 g/mol. The van der Waals surface area contributed by atoms with Crippen LogP contribution >= 0.6 is 23.2 Å². The molecule has 0 spiro atoms. The van der Waals surface area contributed by atoms with Crippen LogP contribution in [0.3, 0.4) is 0 Å². The molecule has 0 aliphatic rings. The fourth-order valence-electron chi connectivity index (χ4n) is 1.79. The first-order valence-electron chi connectivity index (χ1n) is 6.57. The fourth-order valence-corrected chi connectivity index (χ4v) is 2.31. The summed E-state index contributed by atoms with van der Waals surface area (Å²) in [6, 6.07) is 5.69. The number of rotatable bonds is 6. The maximum atomic E-state index is 5.96. The van der Waals surface area contributed by atoms with E-state index in [9.17, 15) is 0 Å². The van der Waals surface area contributed by atoms with Gasteiger partial charge in [0.25, 0.3) is 0 Å². The van der Waals surface area contributed by atoms with Crippen LogP contribution < -0.4 is 5.32 Å². The molecule has 4 nitrogen and oxygen atoms in total. The van der Waals surface area contributed by atoms with E-state index >= 15 is 0 Å². The number of hydrogen-bond donors (Lipinski definition) is 1. The van der Waals surface area contributed by atoms with Crippen LogP contribution in [0.5, 0.6) is 0 Å². The molecule has 1 N–H and O–H groups in total. The third kappa shape index (κ3) is 4.47. The lowest BCUT2D eigenvalue weighted by molar-refractivity contribution is 0.374. The van der Waals surface area contributed by atoms with Gasteiger partial charge in [-0.15, -0.1) is 0 Å². The lowest BCUT2D eigenvalue weighted by Gasteiger charge is -2.05. The molecule has 0 aliphatic carbocycles. The second kappa shape index (κ2) is 7.07. The average molecular weight is 314 g/mol. The first kappa shape index (κ1) is 15.3. The van der Waals surface area contributed by atoms with Gasteiger partial charge in [-0.25, -0.2) is 0 Å². The Hall–Kier alpha value is -1.10. The van der Waals surface area contributed by atoms with Gasteiger partial charge in [0.15, 0.2) is 0 Å². The van der Waals surface area contributed by atoms with Gasteiger partial charge in [-0.1, -0.05) is 42.2 Å². The summed E-state index contributed by atoms with van der Waals surface area (Å²) in [5, 5.41) is 8.41. The van der Waals surface area contributed by atoms with E-state index in [1.807, 2.05) is 0 Å². The molecule has 0 unspecified atom stereocenters. The molecule has 0 bridgehead atoms. The second-order valence-corrected chi connectivity index (χ2v) is 5.76. The Kier molecular flexibility index (Phi) is 5.40. The molecule has 1 aromatic carbocycles. The van der Waals surface area contributed by atoms with E-state index in [1.54, 1.807) is 18.2 Å². The van der Waals surface area contributed by atoms with Gasteiger partial charge in [0.1, 0.15) is 0 Å². The minimum absolute atomic E-state index is 0.488. The summed E-state index contributed by atoms with van der Waals surface area (Å²) in [5.74, 6) is 1.14. The van der Waals surface area contributed by atoms with E-state index in [2.05, 4.69) is 29.3 Å². The van der Waals surface area contributed by atoms with Crippen molar-refractivity contribution in [3.8, 4) is 11.4 Å². The Bertz CT molecular complexity index is 549. The molecular weight excluding hydrogens is 297 g/mol. The molecule has 108 valence electrons. The number of benzene rings is 1. The van der Waals surface area contributed by atoms with Crippen LogP contribution in [0.1, 0.15) is 26.2 Å².